The minimum Gasteiger partial charge on any atom is -0.462 e. The van der Waals surface area contributed by atoms with Crippen LogP contribution in [0, 0.1) is 0 Å². The molecule has 0 aliphatic carbocycles. The number of allylic oxidation sites excluding steroid dienone is 12. The third-order valence-electron chi connectivity index (χ3n) is 11.4. The Labute approximate surface area is 395 Å². The SMILES string of the molecule is CC/C=C\C/C=C\C/C=C\C/C=C\C/C=C\CCCCCC(=O)OCC(COC(=O)CCCCCCC/C=C\CCCCC)OC(=O)CCCCCCCCCCCCCCCCC. The highest BCUT2D eigenvalue weighted by atomic mass is 16.6. The zero-order chi connectivity index (χ0) is 46.5. The average Bonchev–Trinajstić information content (AvgIpc) is 3.29. The van der Waals surface area contributed by atoms with Crippen LogP contribution in [-0.4, -0.2) is 37.2 Å². The fourth-order valence-corrected chi connectivity index (χ4v) is 7.40. The van der Waals surface area contributed by atoms with Crippen molar-refractivity contribution in [2.45, 2.75) is 264 Å². The Morgan fingerprint density at radius 1 is 0.328 bits per heavy atom. The number of carbonyl (C=O) groups excluding carboxylic acids is 3. The van der Waals surface area contributed by atoms with Crippen molar-refractivity contribution in [1.29, 1.82) is 0 Å². The summed E-state index contributed by atoms with van der Waals surface area (Å²) < 4.78 is 16.8. The van der Waals surface area contributed by atoms with Crippen LogP contribution in [0.1, 0.15) is 258 Å². The molecule has 0 bridgehead atoms. The van der Waals surface area contributed by atoms with E-state index >= 15 is 0 Å². The number of unbranched alkanes of at least 4 members (excludes halogenated alkanes) is 25. The number of hydrogen-bond acceptors (Lipinski definition) is 6. The standard InChI is InChI=1S/C58H100O6/c1-4-7-10-13-16-19-22-25-27-28-29-30-32-33-36-39-42-45-48-51-57(60)63-54-55(53-62-56(59)50-47-44-41-38-35-24-21-18-15-12-9-6-3)64-58(61)52-49-46-43-40-37-34-31-26-23-20-17-14-11-8-5-2/h7,10,16,18-19,21,25,27,29-30,33,36,55H,4-6,8-9,11-15,17,20,22-24,26,28,31-32,34-35,37-54H2,1-3H3/b10-7-,19-16-,21-18-,27-25-,30-29-,36-33-. The lowest BCUT2D eigenvalue weighted by molar-refractivity contribution is -0.167. The summed E-state index contributed by atoms with van der Waals surface area (Å²) in [5.74, 6) is -0.924. The summed E-state index contributed by atoms with van der Waals surface area (Å²) in [7, 11) is 0. The first-order valence-corrected chi connectivity index (χ1v) is 26.9. The summed E-state index contributed by atoms with van der Waals surface area (Å²) in [6.07, 6.45) is 66.0. The lowest BCUT2D eigenvalue weighted by atomic mass is 10.0. The van der Waals surface area contributed by atoms with Crippen molar-refractivity contribution >= 4 is 17.9 Å². The molecular formula is C58H100O6. The van der Waals surface area contributed by atoms with E-state index in [1.54, 1.807) is 0 Å². The molecule has 0 radical (unpaired) electrons. The van der Waals surface area contributed by atoms with E-state index in [0.717, 1.165) is 103 Å². The summed E-state index contributed by atoms with van der Waals surface area (Å²) in [6.45, 7) is 6.48. The fraction of sp³-hybridized carbons (Fsp3) is 0.741. The molecule has 368 valence electrons. The van der Waals surface area contributed by atoms with Crippen molar-refractivity contribution in [3.63, 3.8) is 0 Å². The van der Waals surface area contributed by atoms with Gasteiger partial charge in [0.25, 0.3) is 0 Å². The molecule has 1 unspecified atom stereocenters. The quantitative estimate of drug-likeness (QED) is 0.0262. The van der Waals surface area contributed by atoms with Gasteiger partial charge in [-0.15, -0.1) is 0 Å². The molecular weight excluding hydrogens is 793 g/mol. The number of ether oxygens (including phenoxy) is 3. The molecule has 0 aliphatic heterocycles. The number of esters is 3. The van der Waals surface area contributed by atoms with E-state index in [1.807, 2.05) is 0 Å². The molecule has 64 heavy (non-hydrogen) atoms. The Bertz CT molecular complexity index is 1210. The normalized spacial score (nSPS) is 12.6. The largest absolute Gasteiger partial charge is 0.462 e. The maximum Gasteiger partial charge on any atom is 0.306 e. The molecule has 0 spiro atoms. The van der Waals surface area contributed by atoms with Gasteiger partial charge in [-0.2, -0.15) is 0 Å². The Hall–Kier alpha value is -3.15. The van der Waals surface area contributed by atoms with Crippen molar-refractivity contribution in [3.8, 4) is 0 Å². The van der Waals surface area contributed by atoms with Gasteiger partial charge in [-0.3, -0.25) is 14.4 Å². The van der Waals surface area contributed by atoms with Gasteiger partial charge in [0.1, 0.15) is 13.2 Å². The smallest absolute Gasteiger partial charge is 0.306 e. The fourth-order valence-electron chi connectivity index (χ4n) is 7.40. The first-order valence-electron chi connectivity index (χ1n) is 26.9. The highest BCUT2D eigenvalue weighted by Crippen LogP contribution is 2.15. The van der Waals surface area contributed by atoms with Crippen LogP contribution in [0.2, 0.25) is 0 Å². The van der Waals surface area contributed by atoms with Crippen molar-refractivity contribution in [1.82, 2.24) is 0 Å². The predicted octanol–water partition coefficient (Wildman–Crippen LogP) is 17.8. The van der Waals surface area contributed by atoms with Crippen LogP contribution >= 0.6 is 0 Å². The number of hydrogen-bond donors (Lipinski definition) is 0. The average molecular weight is 893 g/mol. The van der Waals surface area contributed by atoms with Crippen LogP contribution in [0.5, 0.6) is 0 Å². The van der Waals surface area contributed by atoms with Gasteiger partial charge in [-0.1, -0.05) is 222 Å². The molecule has 0 rings (SSSR count). The van der Waals surface area contributed by atoms with E-state index in [1.165, 1.54) is 116 Å². The lowest BCUT2D eigenvalue weighted by Crippen LogP contribution is -2.30. The Kier molecular flexibility index (Phi) is 49.9. The van der Waals surface area contributed by atoms with E-state index in [9.17, 15) is 14.4 Å². The van der Waals surface area contributed by atoms with Gasteiger partial charge in [0.15, 0.2) is 6.10 Å². The Morgan fingerprint density at radius 2 is 0.609 bits per heavy atom. The van der Waals surface area contributed by atoms with E-state index in [2.05, 4.69) is 93.7 Å². The highest BCUT2D eigenvalue weighted by molar-refractivity contribution is 5.71. The van der Waals surface area contributed by atoms with Gasteiger partial charge in [0.2, 0.25) is 0 Å². The van der Waals surface area contributed by atoms with Gasteiger partial charge in [-0.05, 0) is 89.9 Å². The van der Waals surface area contributed by atoms with Crippen molar-refractivity contribution < 1.29 is 28.6 Å². The van der Waals surface area contributed by atoms with Crippen LogP contribution in [0.25, 0.3) is 0 Å². The second kappa shape index (κ2) is 52.5. The minimum atomic E-state index is -0.790. The molecule has 0 N–H and O–H groups in total. The van der Waals surface area contributed by atoms with Crippen molar-refractivity contribution in [2.75, 3.05) is 13.2 Å². The third-order valence-corrected chi connectivity index (χ3v) is 11.4. The van der Waals surface area contributed by atoms with Crippen LogP contribution in [0.4, 0.5) is 0 Å². The molecule has 0 amide bonds. The lowest BCUT2D eigenvalue weighted by Gasteiger charge is -2.18. The topological polar surface area (TPSA) is 78.9 Å². The van der Waals surface area contributed by atoms with E-state index in [-0.39, 0.29) is 31.1 Å². The Morgan fingerprint density at radius 3 is 1.02 bits per heavy atom. The molecule has 0 aromatic heterocycles. The first kappa shape index (κ1) is 60.9. The third kappa shape index (κ3) is 49.9. The van der Waals surface area contributed by atoms with E-state index < -0.39 is 6.10 Å². The molecule has 1 atom stereocenters. The van der Waals surface area contributed by atoms with Gasteiger partial charge in [0, 0.05) is 19.3 Å². The monoisotopic (exact) mass is 893 g/mol. The molecule has 6 nitrogen and oxygen atoms in total. The molecule has 0 aromatic carbocycles. The zero-order valence-corrected chi connectivity index (χ0v) is 42.0. The molecule has 0 aliphatic rings. The van der Waals surface area contributed by atoms with Gasteiger partial charge >= 0.3 is 17.9 Å². The first-order chi connectivity index (χ1) is 31.5. The van der Waals surface area contributed by atoms with Crippen LogP contribution in [0.3, 0.4) is 0 Å². The second-order valence-corrected chi connectivity index (χ2v) is 17.8. The molecule has 0 saturated carbocycles. The summed E-state index contributed by atoms with van der Waals surface area (Å²) >= 11 is 0. The molecule has 0 heterocycles. The predicted molar refractivity (Wildman–Crippen MR) is 274 cm³/mol. The second-order valence-electron chi connectivity index (χ2n) is 17.8. The number of carbonyl (C=O) groups is 3. The van der Waals surface area contributed by atoms with Gasteiger partial charge in [0.05, 0.1) is 0 Å². The van der Waals surface area contributed by atoms with Crippen LogP contribution in [0.15, 0.2) is 72.9 Å². The van der Waals surface area contributed by atoms with E-state index in [0.29, 0.717) is 19.3 Å². The van der Waals surface area contributed by atoms with Crippen molar-refractivity contribution in [3.05, 3.63) is 72.9 Å². The molecule has 0 fully saturated rings. The zero-order valence-electron chi connectivity index (χ0n) is 42.0. The maximum absolute atomic E-state index is 12.8. The minimum absolute atomic E-state index is 0.0887. The summed E-state index contributed by atoms with van der Waals surface area (Å²) in [5.41, 5.74) is 0. The van der Waals surface area contributed by atoms with Gasteiger partial charge in [-0.25, -0.2) is 0 Å². The molecule has 0 aromatic rings. The highest BCUT2D eigenvalue weighted by Gasteiger charge is 2.19. The van der Waals surface area contributed by atoms with Crippen LogP contribution < -0.4 is 0 Å². The summed E-state index contributed by atoms with van der Waals surface area (Å²) in [4.78, 5) is 38.0. The summed E-state index contributed by atoms with van der Waals surface area (Å²) in [5, 5.41) is 0. The van der Waals surface area contributed by atoms with Gasteiger partial charge < -0.3 is 14.2 Å². The van der Waals surface area contributed by atoms with E-state index in [4.69, 9.17) is 14.2 Å². The maximum atomic E-state index is 12.8. The Balaban J connectivity index is 4.42. The summed E-state index contributed by atoms with van der Waals surface area (Å²) in [6, 6.07) is 0. The van der Waals surface area contributed by atoms with Crippen molar-refractivity contribution in [2.24, 2.45) is 0 Å². The number of rotatable bonds is 48. The molecule has 6 heteroatoms. The molecule has 0 saturated heterocycles. The van der Waals surface area contributed by atoms with Crippen LogP contribution in [-0.2, 0) is 28.6 Å².